The highest BCUT2D eigenvalue weighted by molar-refractivity contribution is 5.69. The zero-order valence-electron chi connectivity index (χ0n) is 8.79. The Morgan fingerprint density at radius 2 is 2.24 bits per heavy atom. The maximum absolute atomic E-state index is 11.5. The van der Waals surface area contributed by atoms with Crippen LogP contribution in [0, 0.1) is 0 Å². The van der Waals surface area contributed by atoms with Crippen LogP contribution in [0.15, 0.2) is 11.0 Å². The Hall–Kier alpha value is -2.06. The molecule has 17 heavy (non-hydrogen) atoms. The number of fused-ring (bicyclic) bond motifs is 1. The Labute approximate surface area is 95.2 Å². The third-order valence-electron chi connectivity index (χ3n) is 2.20. The summed E-state index contributed by atoms with van der Waals surface area (Å²) in [7, 11) is 0. The average Bonchev–Trinajstić information content (AvgIpc) is 2.28. The third-order valence-corrected chi connectivity index (χ3v) is 2.20. The molecule has 0 amide bonds. The van der Waals surface area contributed by atoms with E-state index in [0.717, 1.165) is 0 Å². The van der Waals surface area contributed by atoms with Crippen LogP contribution in [0.25, 0.3) is 11.2 Å². The van der Waals surface area contributed by atoms with Gasteiger partial charge in [-0.05, 0) is 0 Å². The van der Waals surface area contributed by atoms with E-state index in [1.807, 2.05) is 0 Å². The number of nitrogen functional groups attached to an aromatic ring is 1. The number of aliphatic hydroxyl groups is 2. The summed E-state index contributed by atoms with van der Waals surface area (Å²) in [6.07, 6.45) is 0.462. The second-order valence-electron chi connectivity index (χ2n) is 3.45. The Morgan fingerprint density at radius 3 is 2.94 bits per heavy atom. The second kappa shape index (κ2) is 4.44. The fraction of sp³-hybridized carbons (Fsp3) is 0.333. The molecular formula is C9H11N5O3. The molecule has 0 spiro atoms. The Kier molecular flexibility index (Phi) is 2.98. The van der Waals surface area contributed by atoms with Gasteiger partial charge in [-0.1, -0.05) is 0 Å². The molecule has 0 aromatic carbocycles. The zero-order valence-corrected chi connectivity index (χ0v) is 8.79. The van der Waals surface area contributed by atoms with E-state index >= 15 is 0 Å². The Morgan fingerprint density at radius 1 is 1.47 bits per heavy atom. The van der Waals surface area contributed by atoms with Gasteiger partial charge >= 0.3 is 0 Å². The van der Waals surface area contributed by atoms with Crippen molar-refractivity contribution in [3.05, 3.63) is 22.2 Å². The quantitative estimate of drug-likeness (QED) is 0.521. The largest absolute Gasteiger partial charge is 0.396 e. The van der Waals surface area contributed by atoms with E-state index in [2.05, 4.69) is 19.9 Å². The SMILES string of the molecule is Nc1nc2ncc([C@H](O)CCO)nc2c(=O)[nH]1. The molecule has 0 fully saturated rings. The molecule has 8 nitrogen and oxygen atoms in total. The zero-order chi connectivity index (χ0) is 12.4. The van der Waals surface area contributed by atoms with E-state index in [1.165, 1.54) is 6.20 Å². The maximum Gasteiger partial charge on any atom is 0.280 e. The molecule has 0 aliphatic rings. The van der Waals surface area contributed by atoms with Crippen molar-refractivity contribution in [1.29, 1.82) is 0 Å². The second-order valence-corrected chi connectivity index (χ2v) is 3.45. The summed E-state index contributed by atoms with van der Waals surface area (Å²) in [6, 6.07) is 0. The highest BCUT2D eigenvalue weighted by Gasteiger charge is 2.12. The molecule has 8 heteroatoms. The predicted octanol–water partition coefficient (Wildman–Crippen LogP) is -1.29. The van der Waals surface area contributed by atoms with Gasteiger partial charge in [0.15, 0.2) is 11.2 Å². The third kappa shape index (κ3) is 2.22. The standard InChI is InChI=1S/C9H11N5O3/c10-9-13-7-6(8(17)14-9)12-4(3-11-7)5(16)1-2-15/h3,5,15-16H,1-2H2,(H3,10,11,13,14,17)/t5-/m1/s1. The van der Waals surface area contributed by atoms with Crippen LogP contribution in [0.2, 0.25) is 0 Å². The molecule has 2 rings (SSSR count). The first kappa shape index (κ1) is 11.4. The van der Waals surface area contributed by atoms with E-state index in [0.29, 0.717) is 0 Å². The summed E-state index contributed by atoms with van der Waals surface area (Å²) in [6.45, 7) is -0.183. The van der Waals surface area contributed by atoms with Crippen molar-refractivity contribution in [1.82, 2.24) is 19.9 Å². The first-order chi connectivity index (χ1) is 8.11. The molecule has 0 bridgehead atoms. The molecular weight excluding hydrogens is 226 g/mol. The average molecular weight is 237 g/mol. The van der Waals surface area contributed by atoms with Gasteiger partial charge in [0.05, 0.1) is 18.0 Å². The monoisotopic (exact) mass is 237 g/mol. The minimum Gasteiger partial charge on any atom is -0.396 e. The molecule has 0 aliphatic heterocycles. The summed E-state index contributed by atoms with van der Waals surface area (Å²) in [5, 5.41) is 18.3. The summed E-state index contributed by atoms with van der Waals surface area (Å²) in [5.74, 6) is -0.0412. The molecule has 90 valence electrons. The number of nitrogens with two attached hydrogens (primary N) is 1. The molecule has 0 saturated heterocycles. The summed E-state index contributed by atoms with van der Waals surface area (Å²) in [5.41, 5.74) is 5.17. The smallest absolute Gasteiger partial charge is 0.280 e. The summed E-state index contributed by atoms with van der Waals surface area (Å²) in [4.78, 5) is 25.5. The number of aromatic nitrogens is 4. The van der Waals surface area contributed by atoms with Crippen molar-refractivity contribution in [3.8, 4) is 0 Å². The fourth-order valence-electron chi connectivity index (χ4n) is 1.38. The van der Waals surface area contributed by atoms with Crippen LogP contribution in [0.5, 0.6) is 0 Å². The number of nitrogens with zero attached hydrogens (tertiary/aromatic N) is 3. The van der Waals surface area contributed by atoms with Gasteiger partial charge in [-0.25, -0.2) is 9.97 Å². The first-order valence-electron chi connectivity index (χ1n) is 4.93. The van der Waals surface area contributed by atoms with Crippen molar-refractivity contribution in [2.45, 2.75) is 12.5 Å². The lowest BCUT2D eigenvalue weighted by Crippen LogP contribution is -2.15. The Bertz CT molecular complexity index is 597. The molecule has 0 aliphatic carbocycles. The minimum atomic E-state index is -0.964. The number of hydrogen-bond acceptors (Lipinski definition) is 7. The fourth-order valence-corrected chi connectivity index (χ4v) is 1.38. The van der Waals surface area contributed by atoms with Crippen LogP contribution < -0.4 is 11.3 Å². The van der Waals surface area contributed by atoms with Crippen LogP contribution in [0.3, 0.4) is 0 Å². The van der Waals surface area contributed by atoms with E-state index in [-0.39, 0.29) is 35.8 Å². The number of H-pyrrole nitrogens is 1. The highest BCUT2D eigenvalue weighted by atomic mass is 16.3. The van der Waals surface area contributed by atoms with Gasteiger partial charge in [0.2, 0.25) is 5.95 Å². The minimum absolute atomic E-state index is 0.00805. The highest BCUT2D eigenvalue weighted by Crippen LogP contribution is 2.14. The van der Waals surface area contributed by atoms with Gasteiger partial charge in [0, 0.05) is 13.0 Å². The van der Waals surface area contributed by atoms with Crippen LogP contribution in [-0.2, 0) is 0 Å². The molecule has 0 unspecified atom stereocenters. The number of rotatable bonds is 3. The lowest BCUT2D eigenvalue weighted by Gasteiger charge is -2.07. The molecule has 2 aromatic rings. The van der Waals surface area contributed by atoms with E-state index in [4.69, 9.17) is 10.8 Å². The molecule has 5 N–H and O–H groups in total. The van der Waals surface area contributed by atoms with Gasteiger partial charge in [0.1, 0.15) is 0 Å². The van der Waals surface area contributed by atoms with Crippen molar-refractivity contribution in [3.63, 3.8) is 0 Å². The molecule has 0 radical (unpaired) electrons. The van der Waals surface area contributed by atoms with Crippen molar-refractivity contribution < 1.29 is 10.2 Å². The summed E-state index contributed by atoms with van der Waals surface area (Å²) >= 11 is 0. The van der Waals surface area contributed by atoms with E-state index in [1.54, 1.807) is 0 Å². The molecule has 2 aromatic heterocycles. The summed E-state index contributed by atoms with van der Waals surface area (Å²) < 4.78 is 0. The number of anilines is 1. The predicted molar refractivity (Wildman–Crippen MR) is 59.0 cm³/mol. The number of nitrogens with one attached hydrogen (secondary N) is 1. The van der Waals surface area contributed by atoms with Gasteiger partial charge in [-0.3, -0.25) is 9.78 Å². The number of aliphatic hydroxyl groups excluding tert-OH is 2. The van der Waals surface area contributed by atoms with Crippen molar-refractivity contribution in [2.24, 2.45) is 0 Å². The van der Waals surface area contributed by atoms with Gasteiger partial charge in [-0.15, -0.1) is 0 Å². The van der Waals surface area contributed by atoms with Crippen molar-refractivity contribution >= 4 is 17.1 Å². The van der Waals surface area contributed by atoms with Crippen LogP contribution in [-0.4, -0.2) is 36.8 Å². The molecule has 0 saturated carbocycles. The number of hydrogen-bond donors (Lipinski definition) is 4. The lowest BCUT2D eigenvalue weighted by atomic mass is 10.2. The molecule has 2 heterocycles. The van der Waals surface area contributed by atoms with Crippen LogP contribution >= 0.6 is 0 Å². The van der Waals surface area contributed by atoms with E-state index in [9.17, 15) is 9.90 Å². The maximum atomic E-state index is 11.5. The van der Waals surface area contributed by atoms with Gasteiger partial charge < -0.3 is 15.9 Å². The van der Waals surface area contributed by atoms with Crippen molar-refractivity contribution in [2.75, 3.05) is 12.3 Å². The van der Waals surface area contributed by atoms with E-state index < -0.39 is 11.7 Å². The van der Waals surface area contributed by atoms with Gasteiger partial charge in [0.25, 0.3) is 5.56 Å². The molecule has 1 atom stereocenters. The van der Waals surface area contributed by atoms with Crippen LogP contribution in [0.1, 0.15) is 18.2 Å². The number of aromatic amines is 1. The van der Waals surface area contributed by atoms with Gasteiger partial charge in [-0.2, -0.15) is 4.98 Å². The first-order valence-corrected chi connectivity index (χ1v) is 4.93. The Balaban J connectivity index is 2.54. The van der Waals surface area contributed by atoms with Crippen LogP contribution in [0.4, 0.5) is 5.95 Å². The normalized spacial score (nSPS) is 12.8. The lowest BCUT2D eigenvalue weighted by molar-refractivity contribution is 0.130. The topological polar surface area (TPSA) is 138 Å².